The van der Waals surface area contributed by atoms with Gasteiger partial charge in [-0.05, 0) is 38.3 Å². The lowest BCUT2D eigenvalue weighted by Gasteiger charge is -2.10. The average molecular weight is 267 g/mol. The van der Waals surface area contributed by atoms with Gasteiger partial charge in [-0.15, -0.1) is 0 Å². The average Bonchev–Trinajstić information content (AvgIpc) is 2.33. The number of thiocarbonyl (C=S) groups is 1. The molecule has 3 N–H and O–H groups in total. The second-order valence-electron chi connectivity index (χ2n) is 4.19. The maximum absolute atomic E-state index is 5.67. The van der Waals surface area contributed by atoms with Crippen molar-refractivity contribution < 1.29 is 4.74 Å². The normalized spacial score (nSPS) is 10.3. The van der Waals surface area contributed by atoms with Gasteiger partial charge in [-0.2, -0.15) is 0 Å². The van der Waals surface area contributed by atoms with Gasteiger partial charge in [-0.3, -0.25) is 0 Å². The zero-order valence-electron chi connectivity index (χ0n) is 11.0. The maximum Gasteiger partial charge on any atom is 0.136 e. The van der Waals surface area contributed by atoms with Crippen LogP contribution < -0.4 is 11.1 Å². The van der Waals surface area contributed by atoms with E-state index in [4.69, 9.17) is 22.7 Å². The first-order chi connectivity index (χ1) is 8.65. The molecule has 0 aliphatic heterocycles. The van der Waals surface area contributed by atoms with E-state index in [1.54, 1.807) is 7.11 Å². The van der Waals surface area contributed by atoms with E-state index in [9.17, 15) is 0 Å². The molecular weight excluding hydrogens is 246 g/mol. The predicted molar refractivity (Wildman–Crippen MR) is 79.1 cm³/mol. The Hall–Kier alpha value is -1.20. The third-order valence-electron chi connectivity index (χ3n) is 2.62. The molecule has 0 atom stereocenters. The standard InChI is InChI=1S/C13H21N3OS/c1-10-6-7-11(12(14)18)13(16-10)15-8-4-3-5-9-17-2/h6-7H,3-5,8-9H2,1-2H3,(H2,14,18)(H,15,16). The lowest BCUT2D eigenvalue weighted by molar-refractivity contribution is 0.192. The Morgan fingerprint density at radius 1 is 1.39 bits per heavy atom. The van der Waals surface area contributed by atoms with Crippen LogP contribution in [0, 0.1) is 6.92 Å². The highest BCUT2D eigenvalue weighted by atomic mass is 32.1. The Kier molecular flexibility index (Phi) is 6.60. The van der Waals surface area contributed by atoms with Crippen LogP contribution in [0.1, 0.15) is 30.5 Å². The predicted octanol–water partition coefficient (Wildman–Crippen LogP) is 2.25. The first-order valence-electron chi connectivity index (χ1n) is 6.15. The van der Waals surface area contributed by atoms with Gasteiger partial charge in [0.2, 0.25) is 0 Å². The van der Waals surface area contributed by atoms with Gasteiger partial charge in [-0.25, -0.2) is 4.98 Å². The molecule has 1 aromatic rings. The molecule has 0 amide bonds. The molecule has 0 fully saturated rings. The maximum atomic E-state index is 5.67. The van der Waals surface area contributed by atoms with Crippen molar-refractivity contribution >= 4 is 23.0 Å². The Balaban J connectivity index is 2.45. The molecule has 0 bridgehead atoms. The molecule has 1 aromatic heterocycles. The number of hydrogen-bond acceptors (Lipinski definition) is 4. The van der Waals surface area contributed by atoms with E-state index in [0.717, 1.165) is 49.5 Å². The van der Waals surface area contributed by atoms with Gasteiger partial charge in [-0.1, -0.05) is 12.2 Å². The molecule has 1 heterocycles. The van der Waals surface area contributed by atoms with E-state index < -0.39 is 0 Å². The fourth-order valence-electron chi connectivity index (χ4n) is 1.65. The SMILES string of the molecule is COCCCCCNc1nc(C)ccc1C(N)=S. The van der Waals surface area contributed by atoms with Crippen LogP contribution in [0.4, 0.5) is 5.82 Å². The minimum Gasteiger partial charge on any atom is -0.389 e. The van der Waals surface area contributed by atoms with Crippen LogP contribution in [0.25, 0.3) is 0 Å². The molecule has 0 aliphatic rings. The number of rotatable bonds is 8. The number of anilines is 1. The van der Waals surface area contributed by atoms with E-state index in [2.05, 4.69) is 10.3 Å². The summed E-state index contributed by atoms with van der Waals surface area (Å²) < 4.78 is 5.01. The van der Waals surface area contributed by atoms with E-state index in [1.807, 2.05) is 19.1 Å². The lowest BCUT2D eigenvalue weighted by atomic mass is 10.2. The van der Waals surface area contributed by atoms with Gasteiger partial charge in [0, 0.05) is 26.0 Å². The number of hydrogen-bond donors (Lipinski definition) is 2. The summed E-state index contributed by atoms with van der Waals surface area (Å²) in [6.45, 7) is 3.64. The van der Waals surface area contributed by atoms with E-state index in [1.165, 1.54) is 0 Å². The molecule has 0 spiro atoms. The highest BCUT2D eigenvalue weighted by Crippen LogP contribution is 2.13. The Labute approximate surface area is 114 Å². The van der Waals surface area contributed by atoms with Gasteiger partial charge in [0.05, 0.1) is 5.56 Å². The summed E-state index contributed by atoms with van der Waals surface area (Å²) >= 11 is 5.01. The van der Waals surface area contributed by atoms with Gasteiger partial charge in [0.1, 0.15) is 10.8 Å². The molecule has 0 radical (unpaired) electrons. The Morgan fingerprint density at radius 2 is 2.17 bits per heavy atom. The molecule has 1 rings (SSSR count). The van der Waals surface area contributed by atoms with Crippen LogP contribution in [-0.4, -0.2) is 30.2 Å². The fourth-order valence-corrected chi connectivity index (χ4v) is 1.81. The number of aromatic nitrogens is 1. The summed E-state index contributed by atoms with van der Waals surface area (Å²) in [5.74, 6) is 0.786. The molecule has 0 aromatic carbocycles. The van der Waals surface area contributed by atoms with E-state index >= 15 is 0 Å². The van der Waals surface area contributed by atoms with Crippen LogP contribution >= 0.6 is 12.2 Å². The summed E-state index contributed by atoms with van der Waals surface area (Å²) in [6.07, 6.45) is 3.30. The molecule has 0 saturated carbocycles. The van der Waals surface area contributed by atoms with Gasteiger partial charge in [0.25, 0.3) is 0 Å². The number of unbranched alkanes of at least 4 members (excludes halogenated alkanes) is 2. The zero-order chi connectivity index (χ0) is 13.4. The first-order valence-corrected chi connectivity index (χ1v) is 6.56. The van der Waals surface area contributed by atoms with Gasteiger partial charge >= 0.3 is 0 Å². The number of aryl methyl sites for hydroxylation is 1. The van der Waals surface area contributed by atoms with Crippen LogP contribution in [0.15, 0.2) is 12.1 Å². The topological polar surface area (TPSA) is 60.2 Å². The van der Waals surface area contributed by atoms with Crippen molar-refractivity contribution in [2.75, 3.05) is 25.6 Å². The third-order valence-corrected chi connectivity index (χ3v) is 2.84. The monoisotopic (exact) mass is 267 g/mol. The van der Waals surface area contributed by atoms with Gasteiger partial charge < -0.3 is 15.8 Å². The largest absolute Gasteiger partial charge is 0.389 e. The van der Waals surface area contributed by atoms with Crippen LogP contribution in [0.3, 0.4) is 0 Å². The second-order valence-corrected chi connectivity index (χ2v) is 4.63. The summed E-state index contributed by atoms with van der Waals surface area (Å²) in [5.41, 5.74) is 7.44. The minimum absolute atomic E-state index is 0.379. The number of nitrogens with two attached hydrogens (primary N) is 1. The number of pyridine rings is 1. The smallest absolute Gasteiger partial charge is 0.136 e. The molecule has 18 heavy (non-hydrogen) atoms. The van der Waals surface area contributed by atoms with E-state index in [-0.39, 0.29) is 0 Å². The first kappa shape index (κ1) is 14.9. The van der Waals surface area contributed by atoms with Crippen molar-refractivity contribution in [1.82, 2.24) is 4.98 Å². The van der Waals surface area contributed by atoms with E-state index in [0.29, 0.717) is 4.99 Å². The van der Waals surface area contributed by atoms with Crippen molar-refractivity contribution in [3.05, 3.63) is 23.4 Å². The molecule has 0 aliphatic carbocycles. The lowest BCUT2D eigenvalue weighted by Crippen LogP contribution is -2.15. The molecular formula is C13H21N3OS. The van der Waals surface area contributed by atoms with Crippen LogP contribution in [0.2, 0.25) is 0 Å². The van der Waals surface area contributed by atoms with Gasteiger partial charge in [0.15, 0.2) is 0 Å². The molecule has 0 unspecified atom stereocenters. The summed E-state index contributed by atoms with van der Waals surface area (Å²) in [6, 6.07) is 3.83. The van der Waals surface area contributed by atoms with Crippen LogP contribution in [-0.2, 0) is 4.74 Å². The Morgan fingerprint density at radius 3 is 2.83 bits per heavy atom. The highest BCUT2D eigenvalue weighted by molar-refractivity contribution is 7.80. The third kappa shape index (κ3) is 4.98. The molecule has 4 nitrogen and oxygen atoms in total. The highest BCUT2D eigenvalue weighted by Gasteiger charge is 2.06. The summed E-state index contributed by atoms with van der Waals surface area (Å²) in [4.78, 5) is 4.80. The zero-order valence-corrected chi connectivity index (χ0v) is 11.8. The molecule has 100 valence electrons. The Bertz CT molecular complexity index is 396. The van der Waals surface area contributed by atoms with Crippen molar-refractivity contribution in [1.29, 1.82) is 0 Å². The number of nitrogens with one attached hydrogen (secondary N) is 1. The molecule has 5 heteroatoms. The number of nitrogens with zero attached hydrogens (tertiary/aromatic N) is 1. The quantitative estimate of drug-likeness (QED) is 0.559. The summed E-state index contributed by atoms with van der Waals surface area (Å²) in [7, 11) is 1.73. The number of methoxy groups -OCH3 is 1. The molecule has 0 saturated heterocycles. The number of ether oxygens (including phenoxy) is 1. The fraction of sp³-hybridized carbons (Fsp3) is 0.538. The van der Waals surface area contributed by atoms with Crippen molar-refractivity contribution in [2.45, 2.75) is 26.2 Å². The van der Waals surface area contributed by atoms with Crippen LogP contribution in [0.5, 0.6) is 0 Å². The van der Waals surface area contributed by atoms with Crippen molar-refractivity contribution in [2.24, 2.45) is 5.73 Å². The summed E-state index contributed by atoms with van der Waals surface area (Å²) in [5, 5.41) is 3.29. The van der Waals surface area contributed by atoms with Crippen molar-refractivity contribution in [3.8, 4) is 0 Å². The van der Waals surface area contributed by atoms with Crippen molar-refractivity contribution in [3.63, 3.8) is 0 Å². The minimum atomic E-state index is 0.379. The second kappa shape index (κ2) is 8.00.